The van der Waals surface area contributed by atoms with Gasteiger partial charge < -0.3 is 19.1 Å². The minimum atomic E-state index is -0.782. The number of aromatic nitrogens is 2. The van der Waals surface area contributed by atoms with Crippen LogP contribution in [0.2, 0.25) is 0 Å². The van der Waals surface area contributed by atoms with Crippen LogP contribution in [0.4, 0.5) is 5.69 Å². The van der Waals surface area contributed by atoms with Crippen molar-refractivity contribution in [2.75, 3.05) is 25.7 Å². The summed E-state index contributed by atoms with van der Waals surface area (Å²) in [6.07, 6.45) is 9.54. The van der Waals surface area contributed by atoms with Crippen LogP contribution in [0.1, 0.15) is 17.3 Å². The summed E-state index contributed by atoms with van der Waals surface area (Å²) in [6.45, 7) is 1.87. The SMILES string of the molecule is CCOC(=O)c1ccc(-n2cccn2)cc1N1C=CC=CC(C(=O)OC)=C1C(=O)OC. The number of methoxy groups -OCH3 is 2. The molecular formula is C22H21N3O6. The molecule has 9 nitrogen and oxygen atoms in total. The van der Waals surface area contributed by atoms with Gasteiger partial charge in [0.1, 0.15) is 5.70 Å². The smallest absolute Gasteiger partial charge is 0.355 e. The molecule has 2 heterocycles. The normalized spacial score (nSPS) is 13.1. The largest absolute Gasteiger partial charge is 0.465 e. The average molecular weight is 423 g/mol. The van der Waals surface area contributed by atoms with Crippen molar-refractivity contribution in [2.24, 2.45) is 0 Å². The monoisotopic (exact) mass is 423 g/mol. The van der Waals surface area contributed by atoms with E-state index >= 15 is 0 Å². The molecule has 31 heavy (non-hydrogen) atoms. The molecule has 0 aliphatic carbocycles. The van der Waals surface area contributed by atoms with Crippen LogP contribution in [0.25, 0.3) is 5.69 Å². The highest BCUT2D eigenvalue weighted by Gasteiger charge is 2.30. The summed E-state index contributed by atoms with van der Waals surface area (Å²) < 4.78 is 16.5. The second kappa shape index (κ2) is 9.57. The van der Waals surface area contributed by atoms with Crippen molar-refractivity contribution in [2.45, 2.75) is 6.92 Å². The van der Waals surface area contributed by atoms with Crippen LogP contribution in [0, 0.1) is 0 Å². The third-order valence-corrected chi connectivity index (χ3v) is 4.39. The molecule has 0 radical (unpaired) electrons. The summed E-state index contributed by atoms with van der Waals surface area (Å²) in [5, 5.41) is 4.20. The molecule has 0 atom stereocenters. The first-order valence-corrected chi connectivity index (χ1v) is 9.38. The Labute approximate surface area is 178 Å². The molecule has 2 aromatic rings. The van der Waals surface area contributed by atoms with Gasteiger partial charge in [0.15, 0.2) is 0 Å². The van der Waals surface area contributed by atoms with E-state index in [0.29, 0.717) is 11.4 Å². The van der Waals surface area contributed by atoms with E-state index in [0.717, 1.165) is 0 Å². The molecular weight excluding hydrogens is 402 g/mol. The summed E-state index contributed by atoms with van der Waals surface area (Å²) in [7, 11) is 2.41. The lowest BCUT2D eigenvalue weighted by molar-refractivity contribution is -0.139. The fourth-order valence-corrected chi connectivity index (χ4v) is 3.02. The molecule has 0 saturated carbocycles. The van der Waals surface area contributed by atoms with Gasteiger partial charge in [-0.15, -0.1) is 0 Å². The number of carbonyl (C=O) groups excluding carboxylic acids is 3. The number of nitrogens with zero attached hydrogens (tertiary/aromatic N) is 3. The Kier molecular flexibility index (Phi) is 6.66. The summed E-state index contributed by atoms with van der Waals surface area (Å²) in [6, 6.07) is 6.69. The molecule has 0 bridgehead atoms. The Morgan fingerprint density at radius 3 is 2.45 bits per heavy atom. The van der Waals surface area contributed by atoms with E-state index in [9.17, 15) is 14.4 Å². The number of hydrogen-bond donors (Lipinski definition) is 0. The van der Waals surface area contributed by atoms with Gasteiger partial charge in [0.05, 0.1) is 43.3 Å². The third-order valence-electron chi connectivity index (χ3n) is 4.39. The van der Waals surface area contributed by atoms with E-state index in [2.05, 4.69) is 5.10 Å². The lowest BCUT2D eigenvalue weighted by atomic mass is 10.1. The second-order valence-corrected chi connectivity index (χ2v) is 6.19. The van der Waals surface area contributed by atoms with Gasteiger partial charge in [-0.25, -0.2) is 19.1 Å². The molecule has 1 aliphatic rings. The van der Waals surface area contributed by atoms with E-state index in [1.807, 2.05) is 0 Å². The zero-order chi connectivity index (χ0) is 22.4. The van der Waals surface area contributed by atoms with E-state index < -0.39 is 17.9 Å². The van der Waals surface area contributed by atoms with Gasteiger partial charge in [-0.3, -0.25) is 0 Å². The molecule has 9 heteroatoms. The van der Waals surface area contributed by atoms with Crippen LogP contribution < -0.4 is 4.90 Å². The number of carbonyl (C=O) groups is 3. The lowest BCUT2D eigenvalue weighted by Crippen LogP contribution is -2.28. The van der Waals surface area contributed by atoms with Crippen molar-refractivity contribution in [1.82, 2.24) is 9.78 Å². The van der Waals surface area contributed by atoms with Crippen LogP contribution >= 0.6 is 0 Å². The Hall–Kier alpha value is -4.14. The zero-order valence-electron chi connectivity index (χ0n) is 17.3. The molecule has 0 saturated heterocycles. The molecule has 160 valence electrons. The molecule has 0 unspecified atom stereocenters. The number of anilines is 1. The molecule has 0 amide bonds. The first-order chi connectivity index (χ1) is 15.0. The van der Waals surface area contributed by atoms with Crippen molar-refractivity contribution >= 4 is 23.6 Å². The molecule has 1 aromatic carbocycles. The van der Waals surface area contributed by atoms with Crippen molar-refractivity contribution < 1.29 is 28.6 Å². The number of allylic oxidation sites excluding steroid dienone is 2. The first-order valence-electron chi connectivity index (χ1n) is 9.38. The van der Waals surface area contributed by atoms with Crippen molar-refractivity contribution in [3.8, 4) is 5.69 Å². The predicted octanol–water partition coefficient (Wildman–Crippen LogP) is 2.54. The van der Waals surface area contributed by atoms with Crippen LogP contribution in [-0.4, -0.2) is 48.5 Å². The highest BCUT2D eigenvalue weighted by Crippen LogP contribution is 2.31. The van der Waals surface area contributed by atoms with Crippen LogP contribution in [-0.2, 0) is 23.8 Å². The first kappa shape index (κ1) is 21.6. The fourth-order valence-electron chi connectivity index (χ4n) is 3.02. The summed E-state index contributed by atoms with van der Waals surface area (Å²) in [5.41, 5.74) is 0.979. The molecule has 3 rings (SSSR count). The summed E-state index contributed by atoms with van der Waals surface area (Å²) >= 11 is 0. The van der Waals surface area contributed by atoms with Gasteiger partial charge in [-0.1, -0.05) is 6.08 Å². The number of hydrogen-bond acceptors (Lipinski definition) is 8. The number of ether oxygens (including phenoxy) is 3. The van der Waals surface area contributed by atoms with Gasteiger partial charge in [-0.05, 0) is 43.3 Å². The minimum absolute atomic E-state index is 0.0290. The molecule has 1 aliphatic heterocycles. The van der Waals surface area contributed by atoms with Crippen LogP contribution in [0.15, 0.2) is 72.4 Å². The number of rotatable bonds is 6. The zero-order valence-corrected chi connectivity index (χ0v) is 17.3. The van der Waals surface area contributed by atoms with E-state index in [-0.39, 0.29) is 23.4 Å². The fraction of sp³-hybridized carbons (Fsp3) is 0.182. The van der Waals surface area contributed by atoms with Crippen LogP contribution in [0.3, 0.4) is 0 Å². The van der Waals surface area contributed by atoms with Crippen molar-refractivity contribution in [1.29, 1.82) is 0 Å². The summed E-state index contributed by atoms with van der Waals surface area (Å²) in [4.78, 5) is 39.2. The van der Waals surface area contributed by atoms with Gasteiger partial charge in [-0.2, -0.15) is 5.10 Å². The Balaban J connectivity index is 2.28. The Morgan fingerprint density at radius 2 is 1.81 bits per heavy atom. The van der Waals surface area contributed by atoms with Crippen molar-refractivity contribution in [3.05, 3.63) is 77.9 Å². The molecule has 0 fully saturated rings. The average Bonchev–Trinajstić information content (AvgIpc) is 3.24. The van der Waals surface area contributed by atoms with E-state index in [1.54, 1.807) is 66.6 Å². The predicted molar refractivity (Wildman–Crippen MR) is 111 cm³/mol. The third kappa shape index (κ3) is 4.40. The van der Waals surface area contributed by atoms with Gasteiger partial charge in [0, 0.05) is 18.6 Å². The highest BCUT2D eigenvalue weighted by molar-refractivity contribution is 6.07. The minimum Gasteiger partial charge on any atom is -0.465 e. The molecule has 0 N–H and O–H groups in total. The van der Waals surface area contributed by atoms with E-state index in [1.165, 1.54) is 25.2 Å². The Bertz CT molecular complexity index is 1080. The van der Waals surface area contributed by atoms with Crippen LogP contribution in [0.5, 0.6) is 0 Å². The lowest BCUT2D eigenvalue weighted by Gasteiger charge is -2.25. The van der Waals surface area contributed by atoms with E-state index in [4.69, 9.17) is 14.2 Å². The number of esters is 3. The van der Waals surface area contributed by atoms with Crippen molar-refractivity contribution in [3.63, 3.8) is 0 Å². The Morgan fingerprint density at radius 1 is 1.03 bits per heavy atom. The molecule has 0 spiro atoms. The maximum atomic E-state index is 12.7. The van der Waals surface area contributed by atoms with Gasteiger partial charge >= 0.3 is 17.9 Å². The quantitative estimate of drug-likeness (QED) is 0.516. The maximum Gasteiger partial charge on any atom is 0.355 e. The topological polar surface area (TPSA) is 100.0 Å². The second-order valence-electron chi connectivity index (χ2n) is 6.19. The van der Waals surface area contributed by atoms with Gasteiger partial charge in [0.2, 0.25) is 0 Å². The standard InChI is InChI=1S/C22H21N3O6/c1-4-31-21(27)16-10-9-15(25-13-7-11-23-25)14-18(16)24-12-6-5-8-17(20(26)29-2)19(24)22(28)30-3/h5-14H,4H2,1-3H3. The highest BCUT2D eigenvalue weighted by atomic mass is 16.5. The molecule has 1 aromatic heterocycles. The van der Waals surface area contributed by atoms with Gasteiger partial charge in [0.25, 0.3) is 0 Å². The maximum absolute atomic E-state index is 12.7. The summed E-state index contributed by atoms with van der Waals surface area (Å²) in [5.74, 6) is -2.10. The number of benzene rings is 1.